The molecule has 0 spiro atoms. The number of phenols is 4. The van der Waals surface area contributed by atoms with Crippen molar-refractivity contribution >= 4 is 10.9 Å². The molecular weight excluding hydrogens is 282 g/mol. The number of rotatable bonds is 0. The summed E-state index contributed by atoms with van der Waals surface area (Å²) in [4.78, 5) is 4.55. The molecule has 4 rings (SSSR count). The molecule has 5 nitrogen and oxygen atoms in total. The Labute approximate surface area is 125 Å². The first-order valence-electron chi connectivity index (χ1n) is 6.94. The van der Waals surface area contributed by atoms with Gasteiger partial charge in [-0.05, 0) is 48.2 Å². The van der Waals surface area contributed by atoms with Crippen molar-refractivity contribution < 1.29 is 20.4 Å². The van der Waals surface area contributed by atoms with Crippen molar-refractivity contribution in [2.24, 2.45) is 0 Å². The van der Waals surface area contributed by atoms with Crippen LogP contribution < -0.4 is 0 Å². The Morgan fingerprint density at radius 3 is 2.18 bits per heavy atom. The summed E-state index contributed by atoms with van der Waals surface area (Å²) in [6.45, 7) is 0. The highest BCUT2D eigenvalue weighted by Gasteiger charge is 2.20. The van der Waals surface area contributed by atoms with Crippen LogP contribution in [-0.4, -0.2) is 25.4 Å². The van der Waals surface area contributed by atoms with Gasteiger partial charge in [-0.1, -0.05) is 0 Å². The summed E-state index contributed by atoms with van der Waals surface area (Å²) in [6, 6.07) is 7.90. The highest BCUT2D eigenvalue weighted by Crippen LogP contribution is 2.41. The van der Waals surface area contributed by atoms with Gasteiger partial charge in [0.25, 0.3) is 0 Å². The normalized spacial score (nSPS) is 12.9. The first-order chi connectivity index (χ1) is 10.5. The molecule has 0 radical (unpaired) electrons. The number of benzene rings is 2. The van der Waals surface area contributed by atoms with Crippen molar-refractivity contribution in [2.75, 3.05) is 0 Å². The highest BCUT2D eigenvalue weighted by atomic mass is 16.3. The second-order valence-corrected chi connectivity index (χ2v) is 5.51. The van der Waals surface area contributed by atoms with Crippen LogP contribution in [0, 0.1) is 0 Å². The number of hydrogen-bond acceptors (Lipinski definition) is 5. The minimum absolute atomic E-state index is 0.126. The maximum absolute atomic E-state index is 9.75. The Bertz CT molecular complexity index is 934. The van der Waals surface area contributed by atoms with Crippen LogP contribution in [-0.2, 0) is 12.8 Å². The fourth-order valence-electron chi connectivity index (χ4n) is 2.99. The third-order valence-electron chi connectivity index (χ3n) is 4.11. The summed E-state index contributed by atoms with van der Waals surface area (Å²) >= 11 is 0. The molecule has 5 heteroatoms. The van der Waals surface area contributed by atoms with E-state index in [2.05, 4.69) is 4.98 Å². The van der Waals surface area contributed by atoms with Crippen LogP contribution in [0.15, 0.2) is 30.3 Å². The SMILES string of the molecule is Oc1cc2c(cc1O)-c1cc3cc(O)c(O)cc3nc1CC2. The maximum atomic E-state index is 9.75. The second kappa shape index (κ2) is 4.27. The van der Waals surface area contributed by atoms with E-state index in [0.29, 0.717) is 17.3 Å². The van der Waals surface area contributed by atoms with Crippen LogP contribution in [0.2, 0.25) is 0 Å². The van der Waals surface area contributed by atoms with Crippen molar-refractivity contribution in [3.8, 4) is 34.1 Å². The molecule has 1 aromatic heterocycles. The Balaban J connectivity index is 2.02. The fourth-order valence-corrected chi connectivity index (χ4v) is 2.99. The average Bonchev–Trinajstić information content (AvgIpc) is 2.48. The topological polar surface area (TPSA) is 93.8 Å². The van der Waals surface area contributed by atoms with Gasteiger partial charge in [0.1, 0.15) is 0 Å². The standard InChI is InChI=1S/C17H13NO4/c19-14-4-8-1-2-12-11(10(8)6-16(14)21)3-9-5-15(20)17(22)7-13(9)18-12/h3-7,19-22H,1-2H2. The molecule has 1 aliphatic carbocycles. The fraction of sp³-hybridized carbons (Fsp3) is 0.118. The third-order valence-corrected chi connectivity index (χ3v) is 4.11. The number of nitrogens with zero attached hydrogens (tertiary/aromatic N) is 1. The number of aromatic nitrogens is 1. The molecule has 0 aliphatic heterocycles. The molecular formula is C17H13NO4. The third kappa shape index (κ3) is 1.75. The van der Waals surface area contributed by atoms with Gasteiger partial charge in [0.05, 0.1) is 5.52 Å². The molecule has 0 unspecified atom stereocenters. The smallest absolute Gasteiger partial charge is 0.159 e. The number of aryl methyl sites for hydroxylation is 2. The second-order valence-electron chi connectivity index (χ2n) is 5.51. The van der Waals surface area contributed by atoms with Crippen LogP contribution >= 0.6 is 0 Å². The first-order valence-corrected chi connectivity index (χ1v) is 6.94. The lowest BCUT2D eigenvalue weighted by Gasteiger charge is -2.20. The van der Waals surface area contributed by atoms with E-state index in [1.165, 1.54) is 18.2 Å². The summed E-state index contributed by atoms with van der Waals surface area (Å²) in [6.07, 6.45) is 1.43. The zero-order chi connectivity index (χ0) is 15.4. The van der Waals surface area contributed by atoms with Crippen LogP contribution in [0.25, 0.3) is 22.0 Å². The Morgan fingerprint density at radius 1 is 0.682 bits per heavy atom. The van der Waals surface area contributed by atoms with Crippen molar-refractivity contribution in [1.29, 1.82) is 0 Å². The molecule has 3 aromatic rings. The van der Waals surface area contributed by atoms with E-state index in [4.69, 9.17) is 0 Å². The van der Waals surface area contributed by atoms with Gasteiger partial charge < -0.3 is 20.4 Å². The molecule has 1 aliphatic rings. The predicted molar refractivity (Wildman–Crippen MR) is 81.2 cm³/mol. The maximum Gasteiger partial charge on any atom is 0.159 e. The van der Waals surface area contributed by atoms with Crippen molar-refractivity contribution in [1.82, 2.24) is 4.98 Å². The lowest BCUT2D eigenvalue weighted by Crippen LogP contribution is -2.06. The highest BCUT2D eigenvalue weighted by molar-refractivity contribution is 5.89. The molecule has 1 heterocycles. The van der Waals surface area contributed by atoms with E-state index in [9.17, 15) is 20.4 Å². The molecule has 0 saturated heterocycles. The largest absolute Gasteiger partial charge is 0.504 e. The molecule has 0 atom stereocenters. The molecule has 0 saturated carbocycles. The van der Waals surface area contributed by atoms with E-state index in [1.54, 1.807) is 6.07 Å². The predicted octanol–water partition coefficient (Wildman–Crippen LogP) is 2.82. The molecule has 110 valence electrons. The molecule has 0 bridgehead atoms. The number of fused-ring (bicyclic) bond motifs is 4. The van der Waals surface area contributed by atoms with Gasteiger partial charge in [0, 0.05) is 22.7 Å². The van der Waals surface area contributed by atoms with Gasteiger partial charge in [-0.15, -0.1) is 0 Å². The minimum atomic E-state index is -0.196. The zero-order valence-corrected chi connectivity index (χ0v) is 11.5. The van der Waals surface area contributed by atoms with Gasteiger partial charge in [0.15, 0.2) is 23.0 Å². The summed E-state index contributed by atoms with van der Waals surface area (Å²) in [5.41, 5.74) is 4.13. The number of phenolic OH excluding ortho intramolecular Hbond substituents is 4. The lowest BCUT2D eigenvalue weighted by atomic mass is 9.87. The van der Waals surface area contributed by atoms with Crippen molar-refractivity contribution in [3.05, 3.63) is 41.6 Å². The molecule has 4 N–H and O–H groups in total. The first kappa shape index (κ1) is 12.8. The van der Waals surface area contributed by atoms with Crippen molar-refractivity contribution in [2.45, 2.75) is 12.8 Å². The van der Waals surface area contributed by atoms with E-state index in [1.807, 2.05) is 6.07 Å². The van der Waals surface area contributed by atoms with Crippen molar-refractivity contribution in [3.63, 3.8) is 0 Å². The van der Waals surface area contributed by atoms with Crippen LogP contribution in [0.1, 0.15) is 11.3 Å². The quantitative estimate of drug-likeness (QED) is 0.478. The van der Waals surface area contributed by atoms with E-state index < -0.39 is 0 Å². The van der Waals surface area contributed by atoms with Gasteiger partial charge in [0.2, 0.25) is 0 Å². The Kier molecular flexibility index (Phi) is 2.48. The Morgan fingerprint density at radius 2 is 1.36 bits per heavy atom. The van der Waals surface area contributed by atoms with Crippen LogP contribution in [0.5, 0.6) is 23.0 Å². The molecule has 0 fully saturated rings. The van der Waals surface area contributed by atoms with Gasteiger partial charge in [-0.3, -0.25) is 4.98 Å². The average molecular weight is 295 g/mol. The van der Waals surface area contributed by atoms with Gasteiger partial charge in [-0.2, -0.15) is 0 Å². The summed E-state index contributed by atoms with van der Waals surface area (Å²) in [5.74, 6) is -0.684. The Hall–Kier alpha value is -2.95. The van der Waals surface area contributed by atoms with Crippen LogP contribution in [0.4, 0.5) is 0 Å². The number of hydrogen-bond donors (Lipinski definition) is 4. The minimum Gasteiger partial charge on any atom is -0.504 e. The molecule has 2 aromatic carbocycles. The lowest BCUT2D eigenvalue weighted by molar-refractivity contribution is 0.403. The summed E-state index contributed by atoms with van der Waals surface area (Å²) < 4.78 is 0. The molecule has 0 amide bonds. The summed E-state index contributed by atoms with van der Waals surface area (Å²) in [5, 5.41) is 39.3. The van der Waals surface area contributed by atoms with Gasteiger partial charge >= 0.3 is 0 Å². The zero-order valence-electron chi connectivity index (χ0n) is 11.5. The number of pyridine rings is 1. The van der Waals surface area contributed by atoms with Gasteiger partial charge in [-0.25, -0.2) is 0 Å². The monoisotopic (exact) mass is 295 g/mol. The van der Waals surface area contributed by atoms with Crippen LogP contribution in [0.3, 0.4) is 0 Å². The summed E-state index contributed by atoms with van der Waals surface area (Å²) in [7, 11) is 0. The van der Waals surface area contributed by atoms with E-state index >= 15 is 0 Å². The molecule has 22 heavy (non-hydrogen) atoms. The number of aromatic hydroxyl groups is 4. The van der Waals surface area contributed by atoms with E-state index in [-0.39, 0.29) is 23.0 Å². The van der Waals surface area contributed by atoms with E-state index in [0.717, 1.165) is 28.8 Å².